The number of hydrogen-bond acceptors (Lipinski definition) is 5. The number of nitrogens with one attached hydrogen (secondary N) is 1. The van der Waals surface area contributed by atoms with Crippen molar-refractivity contribution >= 4 is 23.4 Å². The summed E-state index contributed by atoms with van der Waals surface area (Å²) < 4.78 is 26.0. The fraction of sp³-hybridized carbons (Fsp3) is 0.344. The molecular weight excluding hydrogens is 525 g/mol. The van der Waals surface area contributed by atoms with E-state index in [0.717, 1.165) is 12.5 Å². The molecule has 3 aromatic carbocycles. The number of likely N-dealkylation sites (N-methyl/N-ethyl adjacent to an activating group) is 1. The Hall–Kier alpha value is -4.24. The van der Waals surface area contributed by atoms with E-state index in [1.807, 2.05) is 17.0 Å². The minimum absolute atomic E-state index is 0.0808. The van der Waals surface area contributed by atoms with Gasteiger partial charge in [-0.05, 0) is 66.8 Å². The van der Waals surface area contributed by atoms with Gasteiger partial charge >= 0.3 is 0 Å². The smallest absolute Gasteiger partial charge is 0.257 e. The molecule has 1 saturated heterocycles. The van der Waals surface area contributed by atoms with E-state index in [0.29, 0.717) is 49.4 Å². The lowest BCUT2D eigenvalue weighted by atomic mass is 9.94. The Morgan fingerprint density at radius 2 is 1.85 bits per heavy atom. The maximum Gasteiger partial charge on any atom is 0.257 e. The standard InChI is InChI=1S/C32H32FN3O5/c1-35-27-11-10-25(17-30(37)36-14-13-20-5-2-3-6-22(20)18-36)41-29(27)19-40-28-12-9-24(16-26(28)32(35)39)34-31(38)21-7-4-8-23(33)15-21/h2-9,12,15-16,25,27,29H,10-11,13-14,17-19H2,1H3,(H,34,38)/t25-,27+,29+/m1/s1. The molecule has 8 nitrogen and oxygen atoms in total. The van der Waals surface area contributed by atoms with Crippen molar-refractivity contribution in [2.45, 2.75) is 50.5 Å². The quantitative estimate of drug-likeness (QED) is 0.513. The molecule has 3 atom stereocenters. The highest BCUT2D eigenvalue weighted by Crippen LogP contribution is 2.33. The van der Waals surface area contributed by atoms with E-state index in [-0.39, 0.29) is 42.2 Å². The summed E-state index contributed by atoms with van der Waals surface area (Å²) in [5.41, 5.74) is 3.40. The maximum absolute atomic E-state index is 13.5. The van der Waals surface area contributed by atoms with Crippen molar-refractivity contribution in [3.63, 3.8) is 0 Å². The molecular formula is C32H32FN3O5. The Bertz CT molecular complexity index is 1490. The summed E-state index contributed by atoms with van der Waals surface area (Å²) >= 11 is 0. The van der Waals surface area contributed by atoms with E-state index in [2.05, 4.69) is 17.4 Å². The first-order chi connectivity index (χ1) is 19.9. The van der Waals surface area contributed by atoms with Crippen LogP contribution in [0.25, 0.3) is 0 Å². The number of fused-ring (bicyclic) bond motifs is 3. The van der Waals surface area contributed by atoms with Crippen molar-refractivity contribution in [1.29, 1.82) is 0 Å². The van der Waals surface area contributed by atoms with Gasteiger partial charge in [-0.25, -0.2) is 4.39 Å². The Balaban J connectivity index is 1.11. The first-order valence-electron chi connectivity index (χ1n) is 14.0. The summed E-state index contributed by atoms with van der Waals surface area (Å²) in [5, 5.41) is 2.73. The van der Waals surface area contributed by atoms with E-state index in [1.165, 1.54) is 29.3 Å². The second kappa shape index (κ2) is 11.3. The molecule has 3 amide bonds. The first-order valence-corrected chi connectivity index (χ1v) is 14.0. The highest BCUT2D eigenvalue weighted by atomic mass is 19.1. The van der Waals surface area contributed by atoms with Gasteiger partial charge in [-0.1, -0.05) is 30.3 Å². The second-order valence-electron chi connectivity index (χ2n) is 10.9. The number of hydrogen-bond donors (Lipinski definition) is 1. The molecule has 6 rings (SSSR count). The maximum atomic E-state index is 13.5. The number of benzene rings is 3. The average molecular weight is 558 g/mol. The number of halogens is 1. The molecule has 3 aliphatic heterocycles. The number of carbonyl (C=O) groups is 3. The van der Waals surface area contributed by atoms with Crippen LogP contribution in [0.1, 0.15) is 51.1 Å². The molecule has 0 saturated carbocycles. The lowest BCUT2D eigenvalue weighted by Gasteiger charge is -2.42. The van der Waals surface area contributed by atoms with Gasteiger partial charge in [-0.2, -0.15) is 0 Å². The van der Waals surface area contributed by atoms with E-state index in [4.69, 9.17) is 9.47 Å². The molecule has 3 aliphatic rings. The third-order valence-corrected chi connectivity index (χ3v) is 8.24. The van der Waals surface area contributed by atoms with Gasteiger partial charge in [0.2, 0.25) is 5.91 Å². The van der Waals surface area contributed by atoms with E-state index < -0.39 is 11.7 Å². The molecule has 3 heterocycles. The predicted molar refractivity (Wildman–Crippen MR) is 150 cm³/mol. The summed E-state index contributed by atoms with van der Waals surface area (Å²) in [4.78, 5) is 42.9. The van der Waals surface area contributed by atoms with Gasteiger partial charge in [-0.15, -0.1) is 0 Å². The molecule has 0 aromatic heterocycles. The molecule has 3 aromatic rings. The van der Waals surface area contributed by atoms with Gasteiger partial charge in [0.1, 0.15) is 24.3 Å². The molecule has 0 bridgehead atoms. The lowest BCUT2D eigenvalue weighted by molar-refractivity contribution is -0.143. The zero-order chi connectivity index (χ0) is 28.5. The zero-order valence-electron chi connectivity index (χ0n) is 22.8. The molecule has 1 fully saturated rings. The van der Waals surface area contributed by atoms with Crippen LogP contribution in [-0.2, 0) is 22.5 Å². The van der Waals surface area contributed by atoms with Crippen LogP contribution in [0.4, 0.5) is 10.1 Å². The van der Waals surface area contributed by atoms with Gasteiger partial charge in [0.25, 0.3) is 11.8 Å². The number of rotatable bonds is 4. The van der Waals surface area contributed by atoms with Gasteiger partial charge < -0.3 is 24.6 Å². The van der Waals surface area contributed by atoms with Crippen LogP contribution >= 0.6 is 0 Å². The average Bonchev–Trinajstić information content (AvgIpc) is 2.99. The third-order valence-electron chi connectivity index (χ3n) is 8.24. The number of amides is 3. The normalized spacial score (nSPS) is 21.9. The van der Waals surface area contributed by atoms with Crippen LogP contribution in [0.5, 0.6) is 5.75 Å². The Kier molecular flexibility index (Phi) is 7.45. The van der Waals surface area contributed by atoms with Crippen LogP contribution in [0.2, 0.25) is 0 Å². The van der Waals surface area contributed by atoms with Gasteiger partial charge in [-0.3, -0.25) is 14.4 Å². The fourth-order valence-electron chi connectivity index (χ4n) is 5.97. The monoisotopic (exact) mass is 557 g/mol. The summed E-state index contributed by atoms with van der Waals surface area (Å²) in [6.45, 7) is 1.55. The topological polar surface area (TPSA) is 88.2 Å². The number of nitrogens with zero attached hydrogens (tertiary/aromatic N) is 2. The van der Waals surface area contributed by atoms with Crippen LogP contribution in [-0.4, -0.2) is 66.0 Å². The van der Waals surface area contributed by atoms with Crippen LogP contribution in [0, 0.1) is 5.82 Å². The number of carbonyl (C=O) groups excluding carboxylic acids is 3. The summed E-state index contributed by atoms with van der Waals surface area (Å²) in [7, 11) is 1.74. The highest BCUT2D eigenvalue weighted by molar-refractivity contribution is 6.05. The second-order valence-corrected chi connectivity index (χ2v) is 10.9. The number of ether oxygens (including phenoxy) is 2. The minimum Gasteiger partial charge on any atom is -0.490 e. The van der Waals surface area contributed by atoms with Crippen LogP contribution in [0.3, 0.4) is 0 Å². The first kappa shape index (κ1) is 27.0. The lowest BCUT2D eigenvalue weighted by Crippen LogP contribution is -2.54. The van der Waals surface area contributed by atoms with Crippen LogP contribution in [0.15, 0.2) is 66.7 Å². The van der Waals surface area contributed by atoms with Crippen molar-refractivity contribution in [3.8, 4) is 5.75 Å². The van der Waals surface area contributed by atoms with Crippen molar-refractivity contribution in [3.05, 3.63) is 94.8 Å². The van der Waals surface area contributed by atoms with Crippen molar-refractivity contribution in [2.24, 2.45) is 0 Å². The number of anilines is 1. The van der Waals surface area contributed by atoms with Crippen molar-refractivity contribution in [1.82, 2.24) is 9.80 Å². The Labute approximate surface area is 238 Å². The summed E-state index contributed by atoms with van der Waals surface area (Å²) in [6.07, 6.45) is 1.88. The SMILES string of the molecule is CN1C(=O)c2cc(NC(=O)c3cccc(F)c3)ccc2OC[C@@H]2O[C@@H](CC(=O)N3CCc4ccccc4C3)CC[C@@H]21. The minimum atomic E-state index is -0.505. The predicted octanol–water partition coefficient (Wildman–Crippen LogP) is 4.43. The van der Waals surface area contributed by atoms with Crippen LogP contribution < -0.4 is 10.1 Å². The van der Waals surface area contributed by atoms with Crippen molar-refractivity contribution < 1.29 is 28.2 Å². The summed E-state index contributed by atoms with van der Waals surface area (Å²) in [6, 6.07) is 18.3. The zero-order valence-corrected chi connectivity index (χ0v) is 22.8. The van der Waals surface area contributed by atoms with E-state index >= 15 is 0 Å². The van der Waals surface area contributed by atoms with Gasteiger partial charge in [0.15, 0.2) is 0 Å². The molecule has 41 heavy (non-hydrogen) atoms. The molecule has 0 spiro atoms. The fourth-order valence-corrected chi connectivity index (χ4v) is 5.97. The largest absolute Gasteiger partial charge is 0.490 e. The highest BCUT2D eigenvalue weighted by Gasteiger charge is 2.39. The molecule has 1 N–H and O–H groups in total. The van der Waals surface area contributed by atoms with Crippen molar-refractivity contribution in [2.75, 3.05) is 25.5 Å². The van der Waals surface area contributed by atoms with Gasteiger partial charge in [0.05, 0.1) is 24.1 Å². The van der Waals surface area contributed by atoms with Gasteiger partial charge in [0, 0.05) is 31.4 Å². The summed E-state index contributed by atoms with van der Waals surface area (Å²) in [5.74, 6) is -0.766. The third kappa shape index (κ3) is 5.67. The van der Waals surface area contributed by atoms with E-state index in [1.54, 1.807) is 30.1 Å². The Morgan fingerprint density at radius 3 is 2.68 bits per heavy atom. The molecule has 212 valence electrons. The molecule has 0 aliphatic carbocycles. The molecule has 0 radical (unpaired) electrons. The molecule has 9 heteroatoms. The Morgan fingerprint density at radius 1 is 1.02 bits per heavy atom. The van der Waals surface area contributed by atoms with E-state index in [9.17, 15) is 18.8 Å². The molecule has 0 unspecified atom stereocenters.